The lowest BCUT2D eigenvalue weighted by Crippen LogP contribution is -2.47. The quantitative estimate of drug-likeness (QED) is 0.796. The number of hydrogen-bond donors (Lipinski definition) is 3. The summed E-state index contributed by atoms with van der Waals surface area (Å²) in [7, 11) is 0. The molecule has 2 unspecified atom stereocenters. The van der Waals surface area contributed by atoms with Crippen LogP contribution in [0.1, 0.15) is 36.6 Å². The fraction of sp³-hybridized carbons (Fsp3) is 0.450. The van der Waals surface area contributed by atoms with Gasteiger partial charge in [-0.05, 0) is 37.0 Å². The molecule has 1 aromatic carbocycles. The molecule has 5 nitrogen and oxygen atoms in total. The maximum atomic E-state index is 10.9. The molecule has 0 radical (unpaired) electrons. The van der Waals surface area contributed by atoms with Gasteiger partial charge in [-0.2, -0.15) is 0 Å². The Kier molecular flexibility index (Phi) is 4.81. The van der Waals surface area contributed by atoms with Crippen molar-refractivity contribution < 1.29 is 5.11 Å². The van der Waals surface area contributed by atoms with Crippen molar-refractivity contribution in [3.8, 4) is 0 Å². The Morgan fingerprint density at radius 3 is 2.52 bits per heavy atom. The molecule has 1 aromatic heterocycles. The fourth-order valence-corrected chi connectivity index (χ4v) is 3.96. The third kappa shape index (κ3) is 3.75. The largest absolute Gasteiger partial charge is 0.383 e. The lowest BCUT2D eigenvalue weighted by Gasteiger charge is -2.38. The molecule has 4 rings (SSSR count). The predicted octanol–water partition coefficient (Wildman–Crippen LogP) is 1.97. The molecule has 132 valence electrons. The number of piperidine rings is 1. The number of hydrazine groups is 1. The molecule has 2 aromatic rings. The normalized spacial score (nSPS) is 26.6. The Morgan fingerprint density at radius 2 is 1.80 bits per heavy atom. The number of pyridine rings is 1. The van der Waals surface area contributed by atoms with E-state index in [0.717, 1.165) is 44.6 Å². The van der Waals surface area contributed by atoms with Gasteiger partial charge in [0.05, 0.1) is 5.69 Å². The number of likely N-dealkylation sites (tertiary alicyclic amines) is 1. The van der Waals surface area contributed by atoms with Crippen LogP contribution in [0.5, 0.6) is 0 Å². The van der Waals surface area contributed by atoms with E-state index in [1.807, 2.05) is 18.2 Å². The summed E-state index contributed by atoms with van der Waals surface area (Å²) in [6.45, 7) is 2.82. The van der Waals surface area contributed by atoms with Gasteiger partial charge < -0.3 is 10.0 Å². The van der Waals surface area contributed by atoms with E-state index in [4.69, 9.17) is 0 Å². The Morgan fingerprint density at radius 1 is 1.04 bits per heavy atom. The average molecular weight is 338 g/mol. The molecule has 2 aliphatic rings. The van der Waals surface area contributed by atoms with Crippen molar-refractivity contribution >= 4 is 0 Å². The standard InChI is InChI=1S/C20H26N4O/c25-20(19-8-4-5-11-21-19)9-12-24(13-10-20)15-17-14-18(23-22-17)16-6-2-1-3-7-16/h1-8,11,17-18,22-23,25H,9-10,12-15H2. The van der Waals surface area contributed by atoms with E-state index in [9.17, 15) is 5.11 Å². The number of benzene rings is 1. The molecule has 0 spiro atoms. The minimum absolute atomic E-state index is 0.376. The van der Waals surface area contributed by atoms with Crippen LogP contribution in [0.2, 0.25) is 0 Å². The highest BCUT2D eigenvalue weighted by molar-refractivity contribution is 5.20. The van der Waals surface area contributed by atoms with Crippen molar-refractivity contribution in [2.24, 2.45) is 0 Å². The van der Waals surface area contributed by atoms with Crippen LogP contribution in [0.4, 0.5) is 0 Å². The molecule has 3 heterocycles. The second-order valence-corrected chi connectivity index (χ2v) is 7.23. The zero-order valence-electron chi connectivity index (χ0n) is 14.4. The van der Waals surface area contributed by atoms with Crippen molar-refractivity contribution in [3.05, 3.63) is 66.0 Å². The summed E-state index contributed by atoms with van der Waals surface area (Å²) in [6, 6.07) is 17.2. The van der Waals surface area contributed by atoms with Gasteiger partial charge in [-0.1, -0.05) is 36.4 Å². The maximum absolute atomic E-state index is 10.9. The monoisotopic (exact) mass is 338 g/mol. The first kappa shape index (κ1) is 16.7. The number of nitrogens with zero attached hydrogens (tertiary/aromatic N) is 2. The van der Waals surface area contributed by atoms with Crippen molar-refractivity contribution in [3.63, 3.8) is 0 Å². The van der Waals surface area contributed by atoms with Crippen molar-refractivity contribution in [2.45, 2.75) is 36.9 Å². The van der Waals surface area contributed by atoms with Crippen LogP contribution < -0.4 is 10.9 Å². The molecule has 2 fully saturated rings. The molecule has 2 saturated heterocycles. The third-order valence-corrected chi connectivity index (χ3v) is 5.49. The van der Waals surface area contributed by atoms with Gasteiger partial charge >= 0.3 is 0 Å². The summed E-state index contributed by atoms with van der Waals surface area (Å²) in [4.78, 5) is 6.80. The topological polar surface area (TPSA) is 60.4 Å². The molecule has 0 aliphatic carbocycles. The second kappa shape index (κ2) is 7.22. The number of rotatable bonds is 4. The highest BCUT2D eigenvalue weighted by atomic mass is 16.3. The third-order valence-electron chi connectivity index (χ3n) is 5.49. The Balaban J connectivity index is 1.30. The molecule has 2 aliphatic heterocycles. The SMILES string of the molecule is OC1(c2ccccn2)CCN(CC2CC(c3ccccc3)NN2)CC1. The molecular formula is C20H26N4O. The molecule has 0 saturated carbocycles. The highest BCUT2D eigenvalue weighted by Crippen LogP contribution is 2.32. The van der Waals surface area contributed by atoms with Gasteiger partial charge in [0.1, 0.15) is 5.60 Å². The van der Waals surface area contributed by atoms with Crippen LogP contribution in [-0.4, -0.2) is 40.7 Å². The van der Waals surface area contributed by atoms with E-state index in [0.29, 0.717) is 12.1 Å². The summed E-state index contributed by atoms with van der Waals surface area (Å²) in [5.74, 6) is 0. The zero-order valence-corrected chi connectivity index (χ0v) is 14.4. The molecule has 2 atom stereocenters. The van der Waals surface area contributed by atoms with Gasteiger partial charge in [0, 0.05) is 37.9 Å². The smallest absolute Gasteiger partial charge is 0.109 e. The van der Waals surface area contributed by atoms with Crippen LogP contribution in [0, 0.1) is 0 Å². The Hall–Kier alpha value is -1.79. The van der Waals surface area contributed by atoms with Crippen molar-refractivity contribution in [2.75, 3.05) is 19.6 Å². The number of aliphatic hydroxyl groups is 1. The van der Waals surface area contributed by atoms with Crippen LogP contribution in [0.3, 0.4) is 0 Å². The van der Waals surface area contributed by atoms with Crippen LogP contribution in [-0.2, 0) is 5.60 Å². The van der Waals surface area contributed by atoms with Crippen molar-refractivity contribution in [1.82, 2.24) is 20.7 Å². The van der Waals surface area contributed by atoms with Crippen LogP contribution in [0.25, 0.3) is 0 Å². The molecular weight excluding hydrogens is 312 g/mol. The Bertz CT molecular complexity index is 671. The first-order valence-corrected chi connectivity index (χ1v) is 9.15. The highest BCUT2D eigenvalue weighted by Gasteiger charge is 2.36. The van der Waals surface area contributed by atoms with E-state index >= 15 is 0 Å². The van der Waals surface area contributed by atoms with Crippen LogP contribution >= 0.6 is 0 Å². The number of aromatic nitrogens is 1. The fourth-order valence-electron chi connectivity index (χ4n) is 3.96. The van der Waals surface area contributed by atoms with Gasteiger partial charge in [-0.25, -0.2) is 5.43 Å². The van der Waals surface area contributed by atoms with Crippen LogP contribution in [0.15, 0.2) is 54.7 Å². The van der Waals surface area contributed by atoms with Gasteiger partial charge in [-0.15, -0.1) is 0 Å². The lowest BCUT2D eigenvalue weighted by atomic mass is 9.87. The zero-order chi connectivity index (χ0) is 17.1. The summed E-state index contributed by atoms with van der Waals surface area (Å²) in [6.07, 6.45) is 4.33. The maximum Gasteiger partial charge on any atom is 0.109 e. The molecule has 3 N–H and O–H groups in total. The van der Waals surface area contributed by atoms with Gasteiger partial charge in [0.15, 0.2) is 0 Å². The lowest BCUT2D eigenvalue weighted by molar-refractivity contribution is -0.0306. The van der Waals surface area contributed by atoms with E-state index in [2.05, 4.69) is 51.1 Å². The number of hydrogen-bond acceptors (Lipinski definition) is 5. The van der Waals surface area contributed by atoms with Gasteiger partial charge in [0.2, 0.25) is 0 Å². The molecule has 0 bridgehead atoms. The minimum Gasteiger partial charge on any atom is -0.383 e. The van der Waals surface area contributed by atoms with E-state index in [-0.39, 0.29) is 0 Å². The second-order valence-electron chi connectivity index (χ2n) is 7.23. The van der Waals surface area contributed by atoms with E-state index in [1.165, 1.54) is 5.56 Å². The van der Waals surface area contributed by atoms with Gasteiger partial charge in [-0.3, -0.25) is 10.4 Å². The van der Waals surface area contributed by atoms with E-state index < -0.39 is 5.60 Å². The molecule has 25 heavy (non-hydrogen) atoms. The first-order valence-electron chi connectivity index (χ1n) is 9.15. The predicted molar refractivity (Wildman–Crippen MR) is 97.7 cm³/mol. The Labute approximate surface area is 149 Å². The summed E-state index contributed by atoms with van der Waals surface area (Å²) in [5.41, 5.74) is 8.22. The van der Waals surface area contributed by atoms with Crippen molar-refractivity contribution in [1.29, 1.82) is 0 Å². The van der Waals surface area contributed by atoms with E-state index in [1.54, 1.807) is 6.20 Å². The average Bonchev–Trinajstić information content (AvgIpc) is 3.14. The summed E-state index contributed by atoms with van der Waals surface area (Å²) < 4.78 is 0. The molecule has 5 heteroatoms. The summed E-state index contributed by atoms with van der Waals surface area (Å²) >= 11 is 0. The first-order chi connectivity index (χ1) is 12.2. The number of nitrogens with one attached hydrogen (secondary N) is 2. The van der Waals surface area contributed by atoms with Gasteiger partial charge in [0.25, 0.3) is 0 Å². The minimum atomic E-state index is -0.772. The molecule has 0 amide bonds. The summed E-state index contributed by atoms with van der Waals surface area (Å²) in [5, 5.41) is 10.9.